The van der Waals surface area contributed by atoms with Gasteiger partial charge >= 0.3 is 6.03 Å². The van der Waals surface area contributed by atoms with Crippen LogP contribution in [0.25, 0.3) is 0 Å². The quantitative estimate of drug-likeness (QED) is 0.890. The van der Waals surface area contributed by atoms with Gasteiger partial charge in [0.2, 0.25) is 0 Å². The molecular formula is C17H21FN4O. The van der Waals surface area contributed by atoms with Gasteiger partial charge in [0.1, 0.15) is 5.82 Å². The molecule has 122 valence electrons. The van der Waals surface area contributed by atoms with Crippen molar-refractivity contribution in [3.8, 4) is 0 Å². The van der Waals surface area contributed by atoms with Gasteiger partial charge in [0.25, 0.3) is 0 Å². The SMILES string of the molecule is O=C(NCCn1ncc2c1CCCC2)NCc1ccc(F)cc1. The number of carbonyl (C=O) groups excluding carboxylic acids is 1. The Morgan fingerprint density at radius 1 is 1.17 bits per heavy atom. The Balaban J connectivity index is 1.41. The van der Waals surface area contributed by atoms with Crippen LogP contribution in [0, 0.1) is 5.82 Å². The minimum Gasteiger partial charge on any atom is -0.336 e. The highest BCUT2D eigenvalue weighted by molar-refractivity contribution is 5.73. The molecule has 1 aliphatic carbocycles. The van der Waals surface area contributed by atoms with Crippen molar-refractivity contribution in [3.63, 3.8) is 0 Å². The first-order chi connectivity index (χ1) is 11.2. The fraction of sp³-hybridized carbons (Fsp3) is 0.412. The number of urea groups is 1. The van der Waals surface area contributed by atoms with Crippen LogP contribution in [-0.4, -0.2) is 22.4 Å². The van der Waals surface area contributed by atoms with Crippen LogP contribution in [0.4, 0.5) is 9.18 Å². The Kier molecular flexibility index (Phi) is 4.90. The van der Waals surface area contributed by atoms with Crippen LogP contribution in [0.2, 0.25) is 0 Å². The number of rotatable bonds is 5. The number of halogens is 1. The summed E-state index contributed by atoms with van der Waals surface area (Å²) in [6, 6.07) is 5.86. The van der Waals surface area contributed by atoms with Gasteiger partial charge in [-0.1, -0.05) is 12.1 Å². The average Bonchev–Trinajstić information content (AvgIpc) is 2.98. The predicted molar refractivity (Wildman–Crippen MR) is 85.5 cm³/mol. The number of amides is 2. The topological polar surface area (TPSA) is 59.0 Å². The fourth-order valence-electron chi connectivity index (χ4n) is 2.87. The first-order valence-corrected chi connectivity index (χ1v) is 8.02. The number of aryl methyl sites for hydroxylation is 1. The second kappa shape index (κ2) is 7.26. The molecule has 0 saturated carbocycles. The zero-order valence-corrected chi connectivity index (χ0v) is 13.0. The van der Waals surface area contributed by atoms with Crippen molar-refractivity contribution in [1.29, 1.82) is 0 Å². The molecule has 2 aromatic rings. The summed E-state index contributed by atoms with van der Waals surface area (Å²) in [5.41, 5.74) is 3.52. The number of benzene rings is 1. The number of aromatic nitrogens is 2. The number of nitrogens with one attached hydrogen (secondary N) is 2. The number of carbonyl (C=O) groups is 1. The van der Waals surface area contributed by atoms with E-state index in [1.54, 1.807) is 12.1 Å². The van der Waals surface area contributed by atoms with Crippen LogP contribution in [0.5, 0.6) is 0 Å². The Morgan fingerprint density at radius 3 is 2.78 bits per heavy atom. The first-order valence-electron chi connectivity index (χ1n) is 8.02. The molecule has 1 aromatic heterocycles. The summed E-state index contributed by atoms with van der Waals surface area (Å²) in [5, 5.41) is 9.99. The van der Waals surface area contributed by atoms with Gasteiger partial charge in [-0.25, -0.2) is 9.18 Å². The highest BCUT2D eigenvalue weighted by atomic mass is 19.1. The lowest BCUT2D eigenvalue weighted by Crippen LogP contribution is -2.37. The van der Waals surface area contributed by atoms with Crippen LogP contribution in [0.3, 0.4) is 0 Å². The summed E-state index contributed by atoms with van der Waals surface area (Å²) in [5.74, 6) is -0.277. The second-order valence-electron chi connectivity index (χ2n) is 5.78. The largest absolute Gasteiger partial charge is 0.336 e. The van der Waals surface area contributed by atoms with Gasteiger partial charge in [0.15, 0.2) is 0 Å². The van der Waals surface area contributed by atoms with Crippen molar-refractivity contribution in [1.82, 2.24) is 20.4 Å². The van der Waals surface area contributed by atoms with Gasteiger partial charge in [0, 0.05) is 18.8 Å². The maximum Gasteiger partial charge on any atom is 0.315 e. The minimum absolute atomic E-state index is 0.227. The van der Waals surface area contributed by atoms with Crippen molar-refractivity contribution in [2.45, 2.75) is 38.8 Å². The van der Waals surface area contributed by atoms with Crippen LogP contribution >= 0.6 is 0 Å². The monoisotopic (exact) mass is 316 g/mol. The lowest BCUT2D eigenvalue weighted by Gasteiger charge is -2.14. The average molecular weight is 316 g/mol. The van der Waals surface area contributed by atoms with Crippen LogP contribution in [-0.2, 0) is 25.9 Å². The molecule has 1 aliphatic rings. The van der Waals surface area contributed by atoms with Gasteiger partial charge in [0.05, 0.1) is 12.7 Å². The number of hydrogen-bond donors (Lipinski definition) is 2. The fourth-order valence-corrected chi connectivity index (χ4v) is 2.87. The molecule has 1 heterocycles. The molecule has 0 unspecified atom stereocenters. The molecule has 0 atom stereocenters. The molecule has 1 aromatic carbocycles. The van der Waals surface area contributed by atoms with E-state index in [-0.39, 0.29) is 11.8 Å². The molecule has 0 aliphatic heterocycles. The van der Waals surface area contributed by atoms with E-state index in [2.05, 4.69) is 15.7 Å². The van der Waals surface area contributed by atoms with Crippen molar-refractivity contribution in [2.24, 2.45) is 0 Å². The van der Waals surface area contributed by atoms with E-state index in [9.17, 15) is 9.18 Å². The number of fused-ring (bicyclic) bond motifs is 1. The minimum atomic E-state index is -0.277. The predicted octanol–water partition coefficient (Wildman–Crippen LogP) is 2.40. The van der Waals surface area contributed by atoms with Gasteiger partial charge < -0.3 is 10.6 Å². The molecule has 2 amide bonds. The van der Waals surface area contributed by atoms with Crippen molar-refractivity contribution < 1.29 is 9.18 Å². The Morgan fingerprint density at radius 2 is 1.96 bits per heavy atom. The Bertz CT molecular complexity index is 666. The molecule has 5 nitrogen and oxygen atoms in total. The van der Waals surface area contributed by atoms with E-state index in [0.717, 1.165) is 18.4 Å². The molecule has 3 rings (SSSR count). The van der Waals surface area contributed by atoms with Gasteiger partial charge in [-0.2, -0.15) is 5.10 Å². The lowest BCUT2D eigenvalue weighted by atomic mass is 9.98. The van der Waals surface area contributed by atoms with Crippen LogP contribution in [0.1, 0.15) is 29.7 Å². The Labute approximate surface area is 134 Å². The smallest absolute Gasteiger partial charge is 0.315 e. The maximum absolute atomic E-state index is 12.8. The highest BCUT2D eigenvalue weighted by Gasteiger charge is 2.14. The second-order valence-corrected chi connectivity index (χ2v) is 5.78. The third kappa shape index (κ3) is 4.09. The van der Waals surface area contributed by atoms with E-state index in [1.807, 2.05) is 10.9 Å². The van der Waals surface area contributed by atoms with E-state index in [4.69, 9.17) is 0 Å². The van der Waals surface area contributed by atoms with E-state index in [0.29, 0.717) is 19.6 Å². The standard InChI is InChI=1S/C17H21FN4O/c18-15-7-5-13(6-8-15)11-20-17(23)19-9-10-22-16-4-2-1-3-14(16)12-21-22/h5-8,12H,1-4,9-11H2,(H2,19,20,23). The van der Waals surface area contributed by atoms with Crippen LogP contribution < -0.4 is 10.6 Å². The summed E-state index contributed by atoms with van der Waals surface area (Å²) in [4.78, 5) is 11.8. The van der Waals surface area contributed by atoms with Gasteiger partial charge in [-0.3, -0.25) is 4.68 Å². The molecule has 23 heavy (non-hydrogen) atoms. The van der Waals surface area contributed by atoms with Crippen molar-refractivity contribution in [3.05, 3.63) is 53.1 Å². The zero-order valence-electron chi connectivity index (χ0n) is 13.0. The number of hydrogen-bond acceptors (Lipinski definition) is 2. The maximum atomic E-state index is 12.8. The summed E-state index contributed by atoms with van der Waals surface area (Å²) in [6.45, 7) is 1.59. The third-order valence-corrected chi connectivity index (χ3v) is 4.12. The summed E-state index contributed by atoms with van der Waals surface area (Å²) >= 11 is 0. The number of nitrogens with zero attached hydrogens (tertiary/aromatic N) is 2. The normalized spacial score (nSPS) is 13.4. The van der Waals surface area contributed by atoms with Crippen LogP contribution in [0.15, 0.2) is 30.5 Å². The lowest BCUT2D eigenvalue weighted by molar-refractivity contribution is 0.240. The van der Waals surface area contributed by atoms with Crippen molar-refractivity contribution >= 4 is 6.03 Å². The molecule has 2 N–H and O–H groups in total. The summed E-state index contributed by atoms with van der Waals surface area (Å²) < 4.78 is 14.8. The molecule has 0 saturated heterocycles. The van der Waals surface area contributed by atoms with Gasteiger partial charge in [-0.05, 0) is 48.9 Å². The van der Waals surface area contributed by atoms with E-state index in [1.165, 1.54) is 36.2 Å². The summed E-state index contributed by atoms with van der Waals surface area (Å²) in [6.07, 6.45) is 6.59. The molecule has 0 spiro atoms. The first kappa shape index (κ1) is 15.5. The molecule has 0 fully saturated rings. The Hall–Kier alpha value is -2.37. The van der Waals surface area contributed by atoms with E-state index < -0.39 is 0 Å². The zero-order chi connectivity index (χ0) is 16.1. The molecule has 0 radical (unpaired) electrons. The third-order valence-electron chi connectivity index (χ3n) is 4.12. The summed E-state index contributed by atoms with van der Waals surface area (Å²) in [7, 11) is 0. The van der Waals surface area contributed by atoms with Gasteiger partial charge in [-0.15, -0.1) is 0 Å². The van der Waals surface area contributed by atoms with E-state index >= 15 is 0 Å². The molecular weight excluding hydrogens is 295 g/mol. The highest BCUT2D eigenvalue weighted by Crippen LogP contribution is 2.20. The molecule has 6 heteroatoms. The van der Waals surface area contributed by atoms with Crippen molar-refractivity contribution in [2.75, 3.05) is 6.54 Å². The molecule has 0 bridgehead atoms.